The Bertz CT molecular complexity index is 736. The zero-order valence-electron chi connectivity index (χ0n) is 20.6. The van der Waals surface area contributed by atoms with Crippen molar-refractivity contribution in [2.45, 2.75) is 102 Å². The summed E-state index contributed by atoms with van der Waals surface area (Å²) in [5, 5.41) is 10.1. The topological polar surface area (TPSA) is 82.2 Å². The van der Waals surface area contributed by atoms with Gasteiger partial charge < -0.3 is 20.9 Å². The molecule has 3 N–H and O–H groups in total. The van der Waals surface area contributed by atoms with Crippen LogP contribution in [-0.4, -0.2) is 59.0 Å². The Labute approximate surface area is 199 Å². The maximum absolute atomic E-state index is 13.1. The molecule has 0 unspecified atom stereocenters. The zero-order valence-corrected chi connectivity index (χ0v) is 20.6. The van der Waals surface area contributed by atoms with Crippen molar-refractivity contribution >= 4 is 17.7 Å². The molecule has 3 fully saturated rings. The molecule has 1 aromatic heterocycles. The smallest absolute Gasteiger partial charge is 0.256 e. The van der Waals surface area contributed by atoms with Crippen molar-refractivity contribution in [3.63, 3.8) is 0 Å². The Kier molecular flexibility index (Phi) is 9.21. The molecule has 0 spiro atoms. The molecule has 1 aliphatic heterocycles. The summed E-state index contributed by atoms with van der Waals surface area (Å²) in [6.07, 6.45) is 17.9. The lowest BCUT2D eigenvalue weighted by atomic mass is 9.95. The van der Waals surface area contributed by atoms with Gasteiger partial charge in [0, 0.05) is 31.4 Å². The molecule has 1 amide bonds. The average Bonchev–Trinajstić information content (AvgIpc) is 3.39. The zero-order chi connectivity index (χ0) is 22.9. The minimum Gasteiger partial charge on any atom is -0.367 e. The molecule has 7 nitrogen and oxygen atoms in total. The number of amides is 1. The Morgan fingerprint density at radius 1 is 1.03 bits per heavy atom. The lowest BCUT2D eigenvalue weighted by Gasteiger charge is -2.36. The summed E-state index contributed by atoms with van der Waals surface area (Å²) in [7, 11) is 0. The van der Waals surface area contributed by atoms with Gasteiger partial charge in [0.05, 0.1) is 0 Å². The molecule has 1 saturated heterocycles. The van der Waals surface area contributed by atoms with Crippen LogP contribution in [0.1, 0.15) is 101 Å². The minimum atomic E-state index is -0.0494. The van der Waals surface area contributed by atoms with E-state index in [-0.39, 0.29) is 5.91 Å². The first-order valence-electron chi connectivity index (χ1n) is 13.6. The number of piperidine rings is 1. The van der Waals surface area contributed by atoms with E-state index in [1.54, 1.807) is 6.20 Å². The van der Waals surface area contributed by atoms with E-state index in [1.807, 2.05) is 0 Å². The molecule has 2 heterocycles. The fourth-order valence-electron chi connectivity index (χ4n) is 5.68. The molecule has 0 bridgehead atoms. The monoisotopic (exact) mass is 456 g/mol. The van der Waals surface area contributed by atoms with Crippen LogP contribution >= 0.6 is 0 Å². The highest BCUT2D eigenvalue weighted by Gasteiger charge is 2.27. The van der Waals surface area contributed by atoms with Gasteiger partial charge in [-0.1, -0.05) is 45.4 Å². The molecule has 4 rings (SSSR count). The molecule has 1 aromatic rings. The van der Waals surface area contributed by atoms with E-state index in [9.17, 15) is 4.79 Å². The van der Waals surface area contributed by atoms with E-state index in [4.69, 9.17) is 4.98 Å². The van der Waals surface area contributed by atoms with Gasteiger partial charge in [0.25, 0.3) is 5.91 Å². The second-order valence-corrected chi connectivity index (χ2v) is 10.3. The maximum atomic E-state index is 13.1. The number of nitrogens with one attached hydrogen (secondary N) is 3. The van der Waals surface area contributed by atoms with E-state index in [0.717, 1.165) is 44.8 Å². The van der Waals surface area contributed by atoms with Gasteiger partial charge in [-0.15, -0.1) is 0 Å². The molecule has 2 aliphatic carbocycles. The third-order valence-corrected chi connectivity index (χ3v) is 7.83. The van der Waals surface area contributed by atoms with Gasteiger partial charge in [0.2, 0.25) is 5.95 Å². The van der Waals surface area contributed by atoms with Crippen molar-refractivity contribution in [3.8, 4) is 0 Å². The molecule has 0 atom stereocenters. The Balaban J connectivity index is 1.32. The Morgan fingerprint density at radius 3 is 2.48 bits per heavy atom. The molecular weight excluding hydrogens is 412 g/mol. The number of likely N-dealkylation sites (tertiary alicyclic amines) is 1. The molecule has 7 heteroatoms. The normalized spacial score (nSPS) is 21.2. The first-order chi connectivity index (χ1) is 16.2. The number of anilines is 2. The highest BCUT2D eigenvalue weighted by atomic mass is 16.1. The van der Waals surface area contributed by atoms with Crippen molar-refractivity contribution in [3.05, 3.63) is 11.8 Å². The fourth-order valence-corrected chi connectivity index (χ4v) is 5.68. The number of aromatic nitrogens is 2. The van der Waals surface area contributed by atoms with Crippen LogP contribution in [0.3, 0.4) is 0 Å². The molecule has 33 heavy (non-hydrogen) atoms. The molecule has 0 radical (unpaired) electrons. The SMILES string of the molecule is CCCCNc1ncc(C(=O)NCC2CCN(C3CCCC3)CC2)c(NC2CCCCC2)n1. The quantitative estimate of drug-likeness (QED) is 0.438. The van der Waals surface area contributed by atoms with E-state index >= 15 is 0 Å². The number of rotatable bonds is 10. The van der Waals surface area contributed by atoms with Crippen LogP contribution in [0.2, 0.25) is 0 Å². The van der Waals surface area contributed by atoms with Gasteiger partial charge in [0.15, 0.2) is 0 Å². The summed E-state index contributed by atoms with van der Waals surface area (Å²) in [6.45, 7) is 6.13. The first-order valence-corrected chi connectivity index (χ1v) is 13.6. The second-order valence-electron chi connectivity index (χ2n) is 10.3. The number of nitrogens with zero attached hydrogens (tertiary/aromatic N) is 3. The number of carbonyl (C=O) groups is 1. The summed E-state index contributed by atoms with van der Waals surface area (Å²) in [4.78, 5) is 25.0. The Hall–Kier alpha value is -1.89. The van der Waals surface area contributed by atoms with Crippen molar-refractivity contribution < 1.29 is 4.79 Å². The number of carbonyl (C=O) groups excluding carboxylic acids is 1. The van der Waals surface area contributed by atoms with Crippen LogP contribution in [0.4, 0.5) is 11.8 Å². The highest BCUT2D eigenvalue weighted by molar-refractivity contribution is 5.98. The first kappa shape index (κ1) is 24.2. The summed E-state index contributed by atoms with van der Waals surface area (Å²) in [5.41, 5.74) is 0.574. The third-order valence-electron chi connectivity index (χ3n) is 7.83. The third kappa shape index (κ3) is 7.05. The summed E-state index contributed by atoms with van der Waals surface area (Å²) < 4.78 is 0. The van der Waals surface area contributed by atoms with Gasteiger partial charge in [-0.25, -0.2) is 4.98 Å². The number of hydrogen-bond donors (Lipinski definition) is 3. The van der Waals surface area contributed by atoms with Crippen molar-refractivity contribution in [2.75, 3.05) is 36.8 Å². The van der Waals surface area contributed by atoms with E-state index in [0.29, 0.717) is 29.3 Å². The summed E-state index contributed by atoms with van der Waals surface area (Å²) in [6, 6.07) is 1.21. The molecule has 2 saturated carbocycles. The molecular formula is C26H44N6O. The predicted molar refractivity (Wildman–Crippen MR) is 135 cm³/mol. The van der Waals surface area contributed by atoms with Crippen molar-refractivity contribution in [1.29, 1.82) is 0 Å². The number of unbranched alkanes of at least 4 members (excludes halogenated alkanes) is 1. The van der Waals surface area contributed by atoms with Crippen LogP contribution in [0.25, 0.3) is 0 Å². The van der Waals surface area contributed by atoms with Crippen LogP contribution < -0.4 is 16.0 Å². The molecule has 184 valence electrons. The van der Waals surface area contributed by atoms with E-state index in [1.165, 1.54) is 70.9 Å². The van der Waals surface area contributed by atoms with Crippen LogP contribution in [0, 0.1) is 5.92 Å². The lowest BCUT2D eigenvalue weighted by Crippen LogP contribution is -2.42. The summed E-state index contributed by atoms with van der Waals surface area (Å²) in [5.74, 6) is 1.81. The van der Waals surface area contributed by atoms with Gasteiger partial charge in [0.1, 0.15) is 11.4 Å². The summed E-state index contributed by atoms with van der Waals surface area (Å²) >= 11 is 0. The van der Waals surface area contributed by atoms with Crippen LogP contribution in [0.5, 0.6) is 0 Å². The fraction of sp³-hybridized carbons (Fsp3) is 0.808. The van der Waals surface area contributed by atoms with Crippen molar-refractivity contribution in [2.24, 2.45) is 5.92 Å². The van der Waals surface area contributed by atoms with E-state index < -0.39 is 0 Å². The largest absolute Gasteiger partial charge is 0.367 e. The van der Waals surface area contributed by atoms with Gasteiger partial charge in [-0.2, -0.15) is 4.98 Å². The highest BCUT2D eigenvalue weighted by Crippen LogP contribution is 2.28. The van der Waals surface area contributed by atoms with Crippen LogP contribution in [-0.2, 0) is 0 Å². The van der Waals surface area contributed by atoms with Crippen LogP contribution in [0.15, 0.2) is 6.20 Å². The number of hydrogen-bond acceptors (Lipinski definition) is 6. The minimum absolute atomic E-state index is 0.0494. The van der Waals surface area contributed by atoms with Gasteiger partial charge in [-0.3, -0.25) is 4.79 Å². The van der Waals surface area contributed by atoms with E-state index in [2.05, 4.69) is 32.8 Å². The Morgan fingerprint density at radius 2 is 1.76 bits per heavy atom. The molecule has 3 aliphatic rings. The lowest BCUT2D eigenvalue weighted by molar-refractivity contribution is 0.0925. The molecule has 0 aromatic carbocycles. The van der Waals surface area contributed by atoms with Crippen molar-refractivity contribution in [1.82, 2.24) is 20.2 Å². The predicted octanol–water partition coefficient (Wildman–Crippen LogP) is 4.82. The average molecular weight is 457 g/mol. The second kappa shape index (κ2) is 12.5. The standard InChI is InChI=1S/C26H44N6O/c1-2-3-15-27-26-29-19-23(24(31-26)30-21-9-5-4-6-10-21)25(33)28-18-20-13-16-32(17-14-20)22-11-7-8-12-22/h19-22H,2-18H2,1H3,(H,28,33)(H2,27,29,30,31). The maximum Gasteiger partial charge on any atom is 0.256 e. The van der Waals surface area contributed by atoms with Gasteiger partial charge >= 0.3 is 0 Å². The van der Waals surface area contributed by atoms with Gasteiger partial charge in [-0.05, 0) is 64.0 Å².